The summed E-state index contributed by atoms with van der Waals surface area (Å²) in [4.78, 5) is 13.6. The molecule has 0 radical (unpaired) electrons. The number of halogens is 2. The fourth-order valence-corrected chi connectivity index (χ4v) is 2.64. The Morgan fingerprint density at radius 2 is 2.17 bits per heavy atom. The van der Waals surface area contributed by atoms with Crippen molar-refractivity contribution >= 4 is 38.9 Å². The maximum atomic E-state index is 13.6. The highest BCUT2D eigenvalue weighted by Gasteiger charge is 2.11. The number of nitrogens with one attached hydrogen (secondary N) is 1. The van der Waals surface area contributed by atoms with E-state index in [1.807, 2.05) is 13.0 Å². The Hall–Kier alpha value is -1.20. The van der Waals surface area contributed by atoms with Crippen LogP contribution in [0.4, 0.5) is 10.1 Å². The maximum Gasteiger partial charge on any atom is 0.265 e. The Kier molecular flexibility index (Phi) is 4.14. The van der Waals surface area contributed by atoms with Gasteiger partial charge in [-0.25, -0.2) is 4.39 Å². The van der Waals surface area contributed by atoms with Gasteiger partial charge in [0.1, 0.15) is 5.82 Å². The van der Waals surface area contributed by atoms with Crippen molar-refractivity contribution in [2.45, 2.75) is 13.3 Å². The lowest BCUT2D eigenvalue weighted by Crippen LogP contribution is -2.11. The van der Waals surface area contributed by atoms with Gasteiger partial charge in [-0.15, -0.1) is 11.3 Å². The van der Waals surface area contributed by atoms with E-state index in [9.17, 15) is 9.18 Å². The first-order valence-corrected chi connectivity index (χ1v) is 7.06. The van der Waals surface area contributed by atoms with E-state index in [2.05, 4.69) is 21.2 Å². The Balaban J connectivity index is 2.16. The van der Waals surface area contributed by atoms with Crippen LogP contribution in [0.15, 0.2) is 34.8 Å². The van der Waals surface area contributed by atoms with Crippen LogP contribution in [-0.2, 0) is 6.42 Å². The second-order valence-electron chi connectivity index (χ2n) is 3.70. The minimum Gasteiger partial charge on any atom is -0.319 e. The van der Waals surface area contributed by atoms with Crippen LogP contribution in [0.3, 0.4) is 0 Å². The summed E-state index contributed by atoms with van der Waals surface area (Å²) in [5.41, 5.74) is 0.189. The summed E-state index contributed by atoms with van der Waals surface area (Å²) in [6.45, 7) is 2.03. The molecule has 0 aliphatic rings. The van der Waals surface area contributed by atoms with Crippen LogP contribution in [0.5, 0.6) is 0 Å². The number of hydrogen-bond donors (Lipinski definition) is 1. The third kappa shape index (κ3) is 2.97. The number of amides is 1. The van der Waals surface area contributed by atoms with E-state index in [1.165, 1.54) is 23.5 Å². The minimum atomic E-state index is -0.454. The summed E-state index contributed by atoms with van der Waals surface area (Å²) in [6, 6.07) is 8.21. The van der Waals surface area contributed by atoms with Crippen molar-refractivity contribution in [3.05, 3.63) is 50.4 Å². The topological polar surface area (TPSA) is 29.1 Å². The monoisotopic (exact) mass is 327 g/mol. The predicted molar refractivity (Wildman–Crippen MR) is 75.8 cm³/mol. The summed E-state index contributed by atoms with van der Waals surface area (Å²) < 4.78 is 14.2. The molecule has 1 aromatic heterocycles. The molecule has 1 N–H and O–H groups in total. The zero-order valence-electron chi connectivity index (χ0n) is 9.67. The molecule has 0 spiro atoms. The van der Waals surface area contributed by atoms with Crippen LogP contribution < -0.4 is 5.32 Å². The fraction of sp³-hybridized carbons (Fsp3) is 0.154. The number of benzene rings is 1. The highest BCUT2D eigenvalue weighted by Crippen LogP contribution is 2.22. The van der Waals surface area contributed by atoms with E-state index in [1.54, 1.807) is 12.1 Å². The molecule has 94 valence electrons. The van der Waals surface area contributed by atoms with Crippen LogP contribution in [0.2, 0.25) is 0 Å². The highest BCUT2D eigenvalue weighted by atomic mass is 79.9. The summed E-state index contributed by atoms with van der Waals surface area (Å²) in [7, 11) is 0. The Morgan fingerprint density at radius 3 is 2.78 bits per heavy atom. The normalized spacial score (nSPS) is 10.4. The van der Waals surface area contributed by atoms with Crippen LogP contribution >= 0.6 is 27.3 Å². The lowest BCUT2D eigenvalue weighted by molar-refractivity contribution is 0.103. The maximum absolute atomic E-state index is 13.6. The first-order chi connectivity index (χ1) is 8.60. The van der Waals surface area contributed by atoms with Crippen LogP contribution in [-0.4, -0.2) is 5.91 Å². The number of thiophene rings is 1. The molecule has 2 nitrogen and oxygen atoms in total. The summed E-state index contributed by atoms with van der Waals surface area (Å²) in [5, 5.41) is 2.57. The van der Waals surface area contributed by atoms with Gasteiger partial charge in [0.2, 0.25) is 0 Å². The molecule has 5 heteroatoms. The first kappa shape index (κ1) is 13.2. The van der Waals surface area contributed by atoms with E-state index in [-0.39, 0.29) is 11.6 Å². The number of anilines is 1. The van der Waals surface area contributed by atoms with Gasteiger partial charge in [0.25, 0.3) is 5.91 Å². The first-order valence-electron chi connectivity index (χ1n) is 5.45. The number of hydrogen-bond acceptors (Lipinski definition) is 2. The molecule has 2 aromatic rings. The molecule has 0 fully saturated rings. The highest BCUT2D eigenvalue weighted by molar-refractivity contribution is 9.10. The van der Waals surface area contributed by atoms with Gasteiger partial charge in [0.05, 0.1) is 10.6 Å². The lowest BCUT2D eigenvalue weighted by atomic mass is 10.3. The second-order valence-corrected chi connectivity index (χ2v) is 5.78. The van der Waals surface area contributed by atoms with Gasteiger partial charge in [-0.1, -0.05) is 22.9 Å². The summed E-state index contributed by atoms with van der Waals surface area (Å²) in [5.74, 6) is -0.731. The van der Waals surface area contributed by atoms with E-state index >= 15 is 0 Å². The summed E-state index contributed by atoms with van der Waals surface area (Å²) >= 11 is 4.59. The van der Waals surface area contributed by atoms with Crippen LogP contribution in [0.25, 0.3) is 0 Å². The Bertz CT molecular complexity index is 582. The molecule has 0 atom stereocenters. The lowest BCUT2D eigenvalue weighted by Gasteiger charge is -2.05. The molecular formula is C13H11BrFNOS. The van der Waals surface area contributed by atoms with Gasteiger partial charge in [-0.3, -0.25) is 4.79 Å². The van der Waals surface area contributed by atoms with Crippen molar-refractivity contribution in [2.75, 3.05) is 5.32 Å². The van der Waals surface area contributed by atoms with Crippen LogP contribution in [0, 0.1) is 5.82 Å². The van der Waals surface area contributed by atoms with Gasteiger partial charge in [0.15, 0.2) is 0 Å². The van der Waals surface area contributed by atoms with Gasteiger partial charge in [0, 0.05) is 9.35 Å². The van der Waals surface area contributed by atoms with Gasteiger partial charge in [-0.05, 0) is 36.8 Å². The molecule has 2 rings (SSSR count). The quantitative estimate of drug-likeness (QED) is 0.885. The molecule has 0 bridgehead atoms. The second kappa shape index (κ2) is 5.63. The molecule has 1 heterocycles. The smallest absolute Gasteiger partial charge is 0.265 e. The molecule has 1 aromatic carbocycles. The number of carbonyl (C=O) groups excluding carboxylic acids is 1. The molecule has 0 saturated heterocycles. The number of rotatable bonds is 3. The average Bonchev–Trinajstić information content (AvgIpc) is 2.81. The van der Waals surface area contributed by atoms with E-state index < -0.39 is 5.82 Å². The minimum absolute atomic E-state index is 0.189. The van der Waals surface area contributed by atoms with Crippen molar-refractivity contribution < 1.29 is 9.18 Å². The third-order valence-electron chi connectivity index (χ3n) is 2.41. The number of carbonyl (C=O) groups is 1. The van der Waals surface area contributed by atoms with Crippen LogP contribution in [0.1, 0.15) is 21.5 Å². The summed E-state index contributed by atoms with van der Waals surface area (Å²) in [6.07, 6.45) is 0.893. The number of aryl methyl sites for hydroxylation is 1. The average molecular weight is 328 g/mol. The van der Waals surface area contributed by atoms with E-state index in [4.69, 9.17) is 0 Å². The van der Waals surface area contributed by atoms with Crippen molar-refractivity contribution in [1.29, 1.82) is 0 Å². The molecule has 0 unspecified atom stereocenters. The van der Waals surface area contributed by atoms with Gasteiger partial charge in [-0.2, -0.15) is 0 Å². The van der Waals surface area contributed by atoms with Crippen molar-refractivity contribution in [3.63, 3.8) is 0 Å². The Labute approximate surface area is 117 Å². The van der Waals surface area contributed by atoms with Crippen molar-refractivity contribution in [1.82, 2.24) is 0 Å². The SMILES string of the molecule is CCc1ccc(C(=O)Nc2ccc(Br)cc2F)s1. The fourth-order valence-electron chi connectivity index (χ4n) is 1.46. The van der Waals surface area contributed by atoms with Crippen molar-refractivity contribution in [3.8, 4) is 0 Å². The zero-order valence-corrected chi connectivity index (χ0v) is 12.1. The molecule has 0 saturated carbocycles. The molecule has 0 aliphatic heterocycles. The van der Waals surface area contributed by atoms with Gasteiger partial charge < -0.3 is 5.32 Å². The largest absolute Gasteiger partial charge is 0.319 e. The Morgan fingerprint density at radius 1 is 1.39 bits per heavy atom. The third-order valence-corrected chi connectivity index (χ3v) is 4.13. The van der Waals surface area contributed by atoms with Gasteiger partial charge >= 0.3 is 0 Å². The molecule has 0 aliphatic carbocycles. The molecule has 1 amide bonds. The zero-order chi connectivity index (χ0) is 13.1. The molecular weight excluding hydrogens is 317 g/mol. The van der Waals surface area contributed by atoms with E-state index in [0.29, 0.717) is 9.35 Å². The molecule has 18 heavy (non-hydrogen) atoms. The van der Waals surface area contributed by atoms with E-state index in [0.717, 1.165) is 11.3 Å². The van der Waals surface area contributed by atoms with Crippen molar-refractivity contribution in [2.24, 2.45) is 0 Å². The predicted octanol–water partition coefficient (Wildman–Crippen LogP) is 4.46. The standard InChI is InChI=1S/C13H11BrFNOS/c1-2-9-4-6-12(18-9)13(17)16-11-5-3-8(14)7-10(11)15/h3-7H,2H2,1H3,(H,16,17).